The number of hydrogen-bond acceptors (Lipinski definition) is 4. The maximum Gasteiger partial charge on any atom is 0.182 e. The highest BCUT2D eigenvalue weighted by atomic mass is 32.1. The third-order valence-electron chi connectivity index (χ3n) is 2.69. The molecule has 1 N–H and O–H groups in total. The lowest BCUT2D eigenvalue weighted by Gasteiger charge is -2.05. The molecule has 1 heterocycles. The minimum Gasteiger partial charge on any atom is -0.494 e. The molecule has 0 fully saturated rings. The van der Waals surface area contributed by atoms with E-state index in [1.54, 1.807) is 11.3 Å². The van der Waals surface area contributed by atoms with Crippen molar-refractivity contribution in [2.75, 3.05) is 19.0 Å². The summed E-state index contributed by atoms with van der Waals surface area (Å²) in [4.78, 5) is 5.83. The van der Waals surface area contributed by atoms with Gasteiger partial charge in [-0.2, -0.15) is 0 Å². The molecular formula is C14H18N2OS. The van der Waals surface area contributed by atoms with E-state index >= 15 is 0 Å². The van der Waals surface area contributed by atoms with Crippen LogP contribution in [0.5, 0.6) is 5.75 Å². The highest BCUT2D eigenvalue weighted by molar-refractivity contribution is 7.15. The maximum atomic E-state index is 5.51. The summed E-state index contributed by atoms with van der Waals surface area (Å²) in [6.07, 6.45) is 0.852. The monoisotopic (exact) mass is 262 g/mol. The zero-order valence-electron chi connectivity index (χ0n) is 11.0. The molecular weight excluding hydrogens is 244 g/mol. The lowest BCUT2D eigenvalue weighted by molar-refractivity contribution is 0.340. The summed E-state index contributed by atoms with van der Waals surface area (Å²) < 4.78 is 5.51. The van der Waals surface area contributed by atoms with Gasteiger partial charge in [-0.1, -0.05) is 12.1 Å². The number of hydrogen-bond donors (Lipinski definition) is 1. The van der Waals surface area contributed by atoms with Gasteiger partial charge in [-0.25, -0.2) is 4.98 Å². The van der Waals surface area contributed by atoms with Crippen molar-refractivity contribution in [3.8, 4) is 5.75 Å². The zero-order chi connectivity index (χ0) is 13.0. The third-order valence-corrected chi connectivity index (χ3v) is 3.72. The standard InChI is InChI=1S/C14H18N2OS/c1-4-17-12-7-5-6-11(8-12)9-13-10(2)18-14(15-3)16-13/h5-8H,4,9H2,1-3H3,(H,15,16). The summed E-state index contributed by atoms with van der Waals surface area (Å²) in [5.41, 5.74) is 2.37. The average Bonchev–Trinajstić information content (AvgIpc) is 2.71. The van der Waals surface area contributed by atoms with Crippen LogP contribution in [0.3, 0.4) is 0 Å². The Balaban J connectivity index is 2.17. The van der Waals surface area contributed by atoms with Crippen molar-refractivity contribution in [2.24, 2.45) is 0 Å². The van der Waals surface area contributed by atoms with Gasteiger partial charge >= 0.3 is 0 Å². The van der Waals surface area contributed by atoms with Gasteiger partial charge in [0.2, 0.25) is 0 Å². The molecule has 1 aromatic carbocycles. The highest BCUT2D eigenvalue weighted by Gasteiger charge is 2.07. The van der Waals surface area contributed by atoms with Gasteiger partial charge in [-0.3, -0.25) is 0 Å². The van der Waals surface area contributed by atoms with Crippen LogP contribution in [0.25, 0.3) is 0 Å². The van der Waals surface area contributed by atoms with Gasteiger partial charge in [0.25, 0.3) is 0 Å². The fraction of sp³-hybridized carbons (Fsp3) is 0.357. The van der Waals surface area contributed by atoms with Crippen LogP contribution >= 0.6 is 11.3 Å². The van der Waals surface area contributed by atoms with Gasteiger partial charge in [-0.15, -0.1) is 11.3 Å². The molecule has 0 aliphatic carbocycles. The molecule has 0 unspecified atom stereocenters. The molecule has 0 atom stereocenters. The van der Waals surface area contributed by atoms with Gasteiger partial charge in [-0.05, 0) is 31.5 Å². The van der Waals surface area contributed by atoms with Gasteiger partial charge < -0.3 is 10.1 Å². The Morgan fingerprint density at radius 1 is 1.39 bits per heavy atom. The number of rotatable bonds is 5. The van der Waals surface area contributed by atoms with E-state index in [4.69, 9.17) is 4.74 Å². The first-order valence-electron chi connectivity index (χ1n) is 6.08. The SMILES string of the molecule is CCOc1cccc(Cc2nc(NC)sc2C)c1. The number of anilines is 1. The predicted molar refractivity (Wildman–Crippen MR) is 76.8 cm³/mol. The van der Waals surface area contributed by atoms with Crippen LogP contribution in [0.1, 0.15) is 23.1 Å². The molecule has 4 heteroatoms. The second-order valence-corrected chi connectivity index (χ2v) is 5.23. The van der Waals surface area contributed by atoms with Crippen LogP contribution in [0.2, 0.25) is 0 Å². The molecule has 0 saturated heterocycles. The van der Waals surface area contributed by atoms with E-state index < -0.39 is 0 Å². The predicted octanol–water partition coefficient (Wildman–Crippen LogP) is 3.48. The third kappa shape index (κ3) is 3.01. The Kier molecular flexibility index (Phi) is 4.20. The average molecular weight is 262 g/mol. The quantitative estimate of drug-likeness (QED) is 0.895. The highest BCUT2D eigenvalue weighted by Crippen LogP contribution is 2.24. The van der Waals surface area contributed by atoms with Crippen LogP contribution in [-0.4, -0.2) is 18.6 Å². The summed E-state index contributed by atoms with van der Waals surface area (Å²) in [6.45, 7) is 4.81. The summed E-state index contributed by atoms with van der Waals surface area (Å²) in [5.74, 6) is 0.928. The fourth-order valence-electron chi connectivity index (χ4n) is 1.80. The Morgan fingerprint density at radius 3 is 2.89 bits per heavy atom. The molecule has 3 nitrogen and oxygen atoms in total. The van der Waals surface area contributed by atoms with E-state index in [1.807, 2.05) is 26.1 Å². The van der Waals surface area contributed by atoms with E-state index in [0.29, 0.717) is 6.61 Å². The minimum atomic E-state index is 0.698. The molecule has 2 rings (SSSR count). The van der Waals surface area contributed by atoms with E-state index in [1.165, 1.54) is 10.4 Å². The Morgan fingerprint density at radius 2 is 2.22 bits per heavy atom. The van der Waals surface area contributed by atoms with Crippen molar-refractivity contribution in [3.05, 3.63) is 40.4 Å². The van der Waals surface area contributed by atoms with Crippen LogP contribution < -0.4 is 10.1 Å². The first kappa shape index (κ1) is 12.9. The Bertz CT molecular complexity index is 522. The van der Waals surface area contributed by atoms with Gasteiger partial charge in [0, 0.05) is 18.3 Å². The van der Waals surface area contributed by atoms with E-state index in [2.05, 4.69) is 29.4 Å². The first-order valence-corrected chi connectivity index (χ1v) is 6.90. The van der Waals surface area contributed by atoms with E-state index in [0.717, 1.165) is 23.0 Å². The molecule has 0 aliphatic rings. The largest absolute Gasteiger partial charge is 0.494 e. The molecule has 2 aromatic rings. The van der Waals surface area contributed by atoms with Crippen LogP contribution in [0.4, 0.5) is 5.13 Å². The Hall–Kier alpha value is -1.55. The number of ether oxygens (including phenoxy) is 1. The molecule has 18 heavy (non-hydrogen) atoms. The normalized spacial score (nSPS) is 10.4. The number of thiazole rings is 1. The van der Waals surface area contributed by atoms with Crippen molar-refractivity contribution >= 4 is 16.5 Å². The molecule has 0 amide bonds. The number of nitrogens with zero attached hydrogens (tertiary/aromatic N) is 1. The van der Waals surface area contributed by atoms with E-state index in [-0.39, 0.29) is 0 Å². The Labute approximate surface area is 112 Å². The minimum absolute atomic E-state index is 0.698. The number of aromatic nitrogens is 1. The molecule has 1 aromatic heterocycles. The molecule has 0 bridgehead atoms. The lowest BCUT2D eigenvalue weighted by Crippen LogP contribution is -1.95. The topological polar surface area (TPSA) is 34.1 Å². The number of nitrogens with one attached hydrogen (secondary N) is 1. The van der Waals surface area contributed by atoms with Crippen molar-refractivity contribution in [1.29, 1.82) is 0 Å². The second-order valence-electron chi connectivity index (χ2n) is 4.03. The number of benzene rings is 1. The smallest absolute Gasteiger partial charge is 0.182 e. The van der Waals surface area contributed by atoms with Gasteiger partial charge in [0.15, 0.2) is 5.13 Å². The van der Waals surface area contributed by atoms with Crippen molar-refractivity contribution < 1.29 is 4.74 Å². The van der Waals surface area contributed by atoms with Crippen LogP contribution in [0, 0.1) is 6.92 Å². The van der Waals surface area contributed by atoms with Crippen LogP contribution in [-0.2, 0) is 6.42 Å². The summed E-state index contributed by atoms with van der Waals surface area (Å²) >= 11 is 1.69. The molecule has 0 spiro atoms. The first-order chi connectivity index (χ1) is 8.72. The van der Waals surface area contributed by atoms with Crippen LogP contribution in [0.15, 0.2) is 24.3 Å². The fourth-order valence-corrected chi connectivity index (χ4v) is 2.59. The van der Waals surface area contributed by atoms with Gasteiger partial charge in [0.05, 0.1) is 12.3 Å². The molecule has 0 saturated carbocycles. The van der Waals surface area contributed by atoms with Gasteiger partial charge in [0.1, 0.15) is 5.75 Å². The lowest BCUT2D eigenvalue weighted by atomic mass is 10.1. The van der Waals surface area contributed by atoms with Crippen molar-refractivity contribution in [2.45, 2.75) is 20.3 Å². The summed E-state index contributed by atoms with van der Waals surface area (Å²) in [6, 6.07) is 8.21. The van der Waals surface area contributed by atoms with Crippen molar-refractivity contribution in [1.82, 2.24) is 4.98 Å². The summed E-state index contributed by atoms with van der Waals surface area (Å²) in [5, 5.41) is 4.06. The maximum absolute atomic E-state index is 5.51. The zero-order valence-corrected chi connectivity index (χ0v) is 11.8. The molecule has 96 valence electrons. The van der Waals surface area contributed by atoms with Crippen molar-refractivity contribution in [3.63, 3.8) is 0 Å². The molecule has 0 aliphatic heterocycles. The second kappa shape index (κ2) is 5.87. The van der Waals surface area contributed by atoms with E-state index in [9.17, 15) is 0 Å². The molecule has 0 radical (unpaired) electrons. The summed E-state index contributed by atoms with van der Waals surface area (Å²) in [7, 11) is 1.90. The number of aryl methyl sites for hydroxylation is 1.